The third kappa shape index (κ3) is 4.42. The highest BCUT2D eigenvalue weighted by atomic mass is 79.9. The smallest absolute Gasteiger partial charge is 0.262 e. The zero-order valence-corrected chi connectivity index (χ0v) is 14.9. The maximum Gasteiger partial charge on any atom is 0.262 e. The Morgan fingerprint density at radius 1 is 1.13 bits per heavy atom. The van der Waals surface area contributed by atoms with Gasteiger partial charge in [0.2, 0.25) is 0 Å². The van der Waals surface area contributed by atoms with Crippen LogP contribution in [0.5, 0.6) is 5.75 Å². The second-order valence-corrected chi connectivity index (χ2v) is 6.31. The Bertz CT molecular complexity index is 733. The summed E-state index contributed by atoms with van der Waals surface area (Å²) in [5, 5.41) is 2.83. The number of ether oxygens (including phenoxy) is 1. The van der Waals surface area contributed by atoms with E-state index in [9.17, 15) is 9.59 Å². The molecule has 1 amide bonds. The van der Waals surface area contributed by atoms with Gasteiger partial charge in [0, 0.05) is 15.7 Å². The van der Waals surface area contributed by atoms with Crippen molar-refractivity contribution < 1.29 is 14.3 Å². The van der Waals surface area contributed by atoms with Crippen molar-refractivity contribution in [3.63, 3.8) is 0 Å². The fourth-order valence-corrected chi connectivity index (χ4v) is 2.85. The number of aryl methyl sites for hydroxylation is 3. The van der Waals surface area contributed by atoms with Crippen LogP contribution in [0.15, 0.2) is 34.8 Å². The highest BCUT2D eigenvalue weighted by molar-refractivity contribution is 9.10. The molecule has 0 aliphatic rings. The summed E-state index contributed by atoms with van der Waals surface area (Å²) in [6, 6.07) is 9.13. The number of anilines is 1. The van der Waals surface area contributed by atoms with Crippen molar-refractivity contribution in [1.82, 2.24) is 0 Å². The molecule has 5 heteroatoms. The number of rotatable bonds is 5. The molecule has 120 valence electrons. The number of hydrogen-bond donors (Lipinski definition) is 1. The van der Waals surface area contributed by atoms with Gasteiger partial charge in [-0.05, 0) is 67.8 Å². The van der Waals surface area contributed by atoms with Crippen molar-refractivity contribution in [2.24, 2.45) is 0 Å². The van der Waals surface area contributed by atoms with Crippen LogP contribution >= 0.6 is 15.9 Å². The van der Waals surface area contributed by atoms with Crippen LogP contribution in [0, 0.1) is 20.8 Å². The van der Waals surface area contributed by atoms with E-state index in [1.54, 1.807) is 12.1 Å². The molecule has 2 rings (SSSR count). The molecular formula is C18H18BrNO3. The van der Waals surface area contributed by atoms with Gasteiger partial charge in [-0.1, -0.05) is 15.9 Å². The van der Waals surface area contributed by atoms with Gasteiger partial charge in [-0.25, -0.2) is 0 Å². The number of amides is 1. The minimum atomic E-state index is -0.228. The lowest BCUT2D eigenvalue weighted by Crippen LogP contribution is -2.21. The molecule has 2 aromatic rings. The first-order chi connectivity index (χ1) is 10.9. The molecule has 1 N–H and O–H groups in total. The van der Waals surface area contributed by atoms with E-state index < -0.39 is 0 Å². The van der Waals surface area contributed by atoms with E-state index in [0.29, 0.717) is 11.3 Å². The van der Waals surface area contributed by atoms with Gasteiger partial charge in [0.1, 0.15) is 12.0 Å². The minimum absolute atomic E-state index is 0.0857. The molecule has 2 aromatic carbocycles. The SMILES string of the molecule is Cc1cc(Br)ccc1NC(=O)COc1c(C)cc(C=O)cc1C. The van der Waals surface area contributed by atoms with Gasteiger partial charge in [0.25, 0.3) is 5.91 Å². The van der Waals surface area contributed by atoms with Gasteiger partial charge in [0.05, 0.1) is 0 Å². The molecule has 0 radical (unpaired) electrons. The molecule has 0 aliphatic heterocycles. The van der Waals surface area contributed by atoms with E-state index in [2.05, 4.69) is 21.2 Å². The van der Waals surface area contributed by atoms with Crippen LogP contribution in [-0.4, -0.2) is 18.8 Å². The summed E-state index contributed by atoms with van der Waals surface area (Å²) >= 11 is 3.39. The van der Waals surface area contributed by atoms with Gasteiger partial charge in [-0.3, -0.25) is 9.59 Å². The lowest BCUT2D eigenvalue weighted by atomic mass is 10.1. The molecule has 0 bridgehead atoms. The standard InChI is InChI=1S/C18H18BrNO3/c1-11-8-15(19)4-5-16(11)20-17(22)10-23-18-12(2)6-14(9-21)7-13(18)3/h4-9H,10H2,1-3H3,(H,20,22). The molecule has 0 fully saturated rings. The third-order valence-corrected chi connectivity index (χ3v) is 3.92. The van der Waals surface area contributed by atoms with Crippen LogP contribution in [0.25, 0.3) is 0 Å². The number of halogens is 1. The number of carbonyl (C=O) groups excluding carboxylic acids is 2. The average Bonchev–Trinajstić information content (AvgIpc) is 2.49. The summed E-state index contributed by atoms with van der Waals surface area (Å²) < 4.78 is 6.59. The number of aldehydes is 1. The fourth-order valence-electron chi connectivity index (χ4n) is 2.37. The molecule has 0 atom stereocenters. The lowest BCUT2D eigenvalue weighted by molar-refractivity contribution is -0.118. The molecule has 4 nitrogen and oxygen atoms in total. The molecule has 0 heterocycles. The first-order valence-corrected chi connectivity index (χ1v) is 7.95. The Hall–Kier alpha value is -2.14. The zero-order valence-electron chi connectivity index (χ0n) is 13.3. The molecule has 0 aliphatic carbocycles. The molecule has 0 saturated carbocycles. The number of nitrogens with one attached hydrogen (secondary N) is 1. The van der Waals surface area contributed by atoms with E-state index in [4.69, 9.17) is 4.74 Å². The van der Waals surface area contributed by atoms with Crippen LogP contribution in [-0.2, 0) is 4.79 Å². The van der Waals surface area contributed by atoms with Gasteiger partial charge in [0.15, 0.2) is 6.61 Å². The predicted molar refractivity (Wildman–Crippen MR) is 94.3 cm³/mol. The molecule has 0 saturated heterocycles. The van der Waals surface area contributed by atoms with Crippen molar-refractivity contribution in [3.05, 3.63) is 57.1 Å². The fraction of sp³-hybridized carbons (Fsp3) is 0.222. The van der Waals surface area contributed by atoms with E-state index in [-0.39, 0.29) is 12.5 Å². The summed E-state index contributed by atoms with van der Waals surface area (Å²) in [5.41, 5.74) is 3.99. The monoisotopic (exact) mass is 375 g/mol. The number of benzene rings is 2. The van der Waals surface area contributed by atoms with Gasteiger partial charge < -0.3 is 10.1 Å². The van der Waals surface area contributed by atoms with Crippen molar-refractivity contribution in [2.75, 3.05) is 11.9 Å². The second-order valence-electron chi connectivity index (χ2n) is 5.40. The second kappa shape index (κ2) is 7.42. The van der Waals surface area contributed by atoms with Gasteiger partial charge in [-0.2, -0.15) is 0 Å². The Balaban J connectivity index is 2.03. The van der Waals surface area contributed by atoms with E-state index in [0.717, 1.165) is 33.1 Å². The summed E-state index contributed by atoms with van der Waals surface area (Å²) in [6.07, 6.45) is 0.798. The summed E-state index contributed by atoms with van der Waals surface area (Å²) in [7, 11) is 0. The molecule has 23 heavy (non-hydrogen) atoms. The average molecular weight is 376 g/mol. The van der Waals surface area contributed by atoms with Gasteiger partial charge >= 0.3 is 0 Å². The van der Waals surface area contributed by atoms with Crippen LogP contribution in [0.2, 0.25) is 0 Å². The topological polar surface area (TPSA) is 55.4 Å². The van der Waals surface area contributed by atoms with E-state index >= 15 is 0 Å². The van der Waals surface area contributed by atoms with Crippen LogP contribution in [0.4, 0.5) is 5.69 Å². The Kier molecular flexibility index (Phi) is 5.55. The summed E-state index contributed by atoms with van der Waals surface area (Å²) in [6.45, 7) is 5.55. The van der Waals surface area contributed by atoms with Crippen molar-refractivity contribution in [2.45, 2.75) is 20.8 Å². The first-order valence-electron chi connectivity index (χ1n) is 7.16. The van der Waals surface area contributed by atoms with E-state index in [1.165, 1.54) is 0 Å². The Morgan fingerprint density at radius 2 is 1.78 bits per heavy atom. The zero-order chi connectivity index (χ0) is 17.0. The van der Waals surface area contributed by atoms with Crippen LogP contribution < -0.4 is 10.1 Å². The van der Waals surface area contributed by atoms with Crippen LogP contribution in [0.1, 0.15) is 27.0 Å². The predicted octanol–water partition coefficient (Wildman–Crippen LogP) is 4.20. The van der Waals surface area contributed by atoms with E-state index in [1.807, 2.05) is 39.0 Å². The van der Waals surface area contributed by atoms with Crippen molar-refractivity contribution in [3.8, 4) is 5.75 Å². The quantitative estimate of drug-likeness (QED) is 0.796. The molecular weight excluding hydrogens is 358 g/mol. The van der Waals surface area contributed by atoms with Crippen molar-refractivity contribution in [1.29, 1.82) is 0 Å². The molecule has 0 aromatic heterocycles. The largest absolute Gasteiger partial charge is 0.483 e. The van der Waals surface area contributed by atoms with Crippen LogP contribution in [0.3, 0.4) is 0 Å². The number of carbonyl (C=O) groups is 2. The molecule has 0 unspecified atom stereocenters. The normalized spacial score (nSPS) is 10.3. The summed E-state index contributed by atoms with van der Waals surface area (Å²) in [5.74, 6) is 0.409. The van der Waals surface area contributed by atoms with Gasteiger partial charge in [-0.15, -0.1) is 0 Å². The highest BCUT2D eigenvalue weighted by Crippen LogP contribution is 2.24. The molecule has 0 spiro atoms. The third-order valence-electron chi connectivity index (χ3n) is 3.43. The lowest BCUT2D eigenvalue weighted by Gasteiger charge is -2.13. The minimum Gasteiger partial charge on any atom is -0.483 e. The number of hydrogen-bond acceptors (Lipinski definition) is 3. The van der Waals surface area contributed by atoms with Crippen molar-refractivity contribution >= 4 is 33.8 Å². The summed E-state index contributed by atoms with van der Waals surface area (Å²) in [4.78, 5) is 22.9. The first kappa shape index (κ1) is 17.2. The maximum absolute atomic E-state index is 12.1. The maximum atomic E-state index is 12.1. The Morgan fingerprint density at radius 3 is 2.35 bits per heavy atom. The Labute approximate surface area is 144 Å². The highest BCUT2D eigenvalue weighted by Gasteiger charge is 2.10.